The van der Waals surface area contributed by atoms with Crippen LogP contribution in [0.25, 0.3) is 10.9 Å². The van der Waals surface area contributed by atoms with Crippen molar-refractivity contribution < 1.29 is 4.79 Å². The van der Waals surface area contributed by atoms with Crippen LogP contribution in [0.2, 0.25) is 5.02 Å². The van der Waals surface area contributed by atoms with Gasteiger partial charge in [-0.25, -0.2) is 0 Å². The summed E-state index contributed by atoms with van der Waals surface area (Å²) in [6.07, 6.45) is 2.48. The van der Waals surface area contributed by atoms with Gasteiger partial charge in [-0.3, -0.25) is 4.79 Å². The third-order valence-corrected chi connectivity index (χ3v) is 5.99. The largest absolute Gasteiger partial charge is 0.361 e. The van der Waals surface area contributed by atoms with E-state index < -0.39 is 0 Å². The highest BCUT2D eigenvalue weighted by molar-refractivity contribution is 6.31. The lowest BCUT2D eigenvalue weighted by molar-refractivity contribution is -0.121. The van der Waals surface area contributed by atoms with Crippen LogP contribution >= 0.6 is 11.6 Å². The number of carbonyl (C=O) groups excluding carboxylic acids is 1. The van der Waals surface area contributed by atoms with Crippen LogP contribution in [0.5, 0.6) is 0 Å². The molecular weight excluding hydrogens is 392 g/mol. The lowest BCUT2D eigenvalue weighted by Crippen LogP contribution is -2.29. The predicted octanol–water partition coefficient (Wildman–Crippen LogP) is 6.26. The average Bonchev–Trinajstić information content (AvgIpc) is 3.20. The van der Waals surface area contributed by atoms with Crippen LogP contribution in [0.3, 0.4) is 0 Å². The highest BCUT2D eigenvalue weighted by atomic mass is 35.5. The Morgan fingerprint density at radius 2 is 1.63 bits per heavy atom. The van der Waals surface area contributed by atoms with Gasteiger partial charge >= 0.3 is 0 Å². The van der Waals surface area contributed by atoms with E-state index in [1.807, 2.05) is 60.8 Å². The molecule has 0 fully saturated rings. The van der Waals surface area contributed by atoms with Gasteiger partial charge in [0.1, 0.15) is 0 Å². The summed E-state index contributed by atoms with van der Waals surface area (Å²) < 4.78 is 0. The molecule has 4 rings (SSSR count). The molecule has 3 aromatic carbocycles. The normalized spacial score (nSPS) is 13.1. The molecule has 1 heterocycles. The molecule has 152 valence electrons. The molecule has 0 aliphatic carbocycles. The first-order chi connectivity index (χ1) is 14.6. The van der Waals surface area contributed by atoms with Crippen LogP contribution in [-0.2, 0) is 4.79 Å². The minimum Gasteiger partial charge on any atom is -0.361 e. The maximum absolute atomic E-state index is 12.7. The van der Waals surface area contributed by atoms with Gasteiger partial charge in [-0.15, -0.1) is 0 Å². The number of amides is 1. The lowest BCUT2D eigenvalue weighted by Gasteiger charge is -2.20. The molecule has 2 N–H and O–H groups in total. The summed E-state index contributed by atoms with van der Waals surface area (Å²) in [4.78, 5) is 16.1. The van der Waals surface area contributed by atoms with Crippen LogP contribution in [0.1, 0.15) is 41.9 Å². The summed E-state index contributed by atoms with van der Waals surface area (Å²) in [6, 6.07) is 26.2. The van der Waals surface area contributed by atoms with Crippen molar-refractivity contribution in [2.75, 3.05) is 6.54 Å². The zero-order valence-electron chi connectivity index (χ0n) is 16.9. The van der Waals surface area contributed by atoms with Gasteiger partial charge in [-0.2, -0.15) is 0 Å². The molecule has 0 radical (unpaired) electrons. The van der Waals surface area contributed by atoms with E-state index in [0.717, 1.165) is 22.0 Å². The molecule has 0 spiro atoms. The maximum atomic E-state index is 12.7. The van der Waals surface area contributed by atoms with Crippen molar-refractivity contribution >= 4 is 28.4 Å². The summed E-state index contributed by atoms with van der Waals surface area (Å²) in [6.45, 7) is 2.58. The van der Waals surface area contributed by atoms with Crippen LogP contribution in [0.4, 0.5) is 0 Å². The van der Waals surface area contributed by atoms with E-state index >= 15 is 0 Å². The Bertz CT molecular complexity index is 1140. The molecule has 0 aliphatic rings. The van der Waals surface area contributed by atoms with E-state index in [2.05, 4.69) is 41.5 Å². The first-order valence-corrected chi connectivity index (χ1v) is 10.6. The van der Waals surface area contributed by atoms with E-state index in [4.69, 9.17) is 11.6 Å². The molecule has 0 aliphatic heterocycles. The van der Waals surface area contributed by atoms with Crippen molar-refractivity contribution in [3.8, 4) is 0 Å². The summed E-state index contributed by atoms with van der Waals surface area (Å²) in [5, 5.41) is 5.01. The highest BCUT2D eigenvalue weighted by Crippen LogP contribution is 2.34. The van der Waals surface area contributed by atoms with Gasteiger partial charge in [0.2, 0.25) is 5.91 Å². The number of H-pyrrole nitrogens is 1. The second kappa shape index (κ2) is 9.19. The molecule has 1 amide bonds. The smallest absolute Gasteiger partial charge is 0.220 e. The van der Waals surface area contributed by atoms with Crippen molar-refractivity contribution in [2.24, 2.45) is 0 Å². The average molecular weight is 417 g/mol. The number of benzene rings is 3. The van der Waals surface area contributed by atoms with E-state index in [-0.39, 0.29) is 17.7 Å². The highest BCUT2D eigenvalue weighted by Gasteiger charge is 2.21. The van der Waals surface area contributed by atoms with Crippen LogP contribution < -0.4 is 5.32 Å². The molecule has 4 aromatic rings. The number of hydrogen-bond donors (Lipinski definition) is 2. The molecule has 4 heteroatoms. The molecule has 2 atom stereocenters. The van der Waals surface area contributed by atoms with Gasteiger partial charge in [0.25, 0.3) is 0 Å². The topological polar surface area (TPSA) is 44.9 Å². The minimum absolute atomic E-state index is 0.0363. The Morgan fingerprint density at radius 3 is 2.43 bits per heavy atom. The van der Waals surface area contributed by atoms with Crippen molar-refractivity contribution in [2.45, 2.75) is 25.2 Å². The summed E-state index contributed by atoms with van der Waals surface area (Å²) in [5.74, 6) is 0.173. The van der Waals surface area contributed by atoms with Gasteiger partial charge in [0, 0.05) is 41.0 Å². The third kappa shape index (κ3) is 4.42. The standard InChI is InChI=1S/C26H25ClN2O/c1-18(19-9-3-2-4-10-19)15-26(30)29-17-22(20-11-5-7-13-24(20)27)23-16-28-25-14-8-6-12-21(23)25/h2-14,16,18,22,28H,15,17H2,1H3,(H,29,30)/t18-,22-/m0/s1. The molecular formula is C26H25ClN2O. The number of hydrogen-bond acceptors (Lipinski definition) is 1. The number of para-hydroxylation sites is 1. The monoisotopic (exact) mass is 416 g/mol. The van der Waals surface area contributed by atoms with Crippen LogP contribution in [0, 0.1) is 0 Å². The van der Waals surface area contributed by atoms with Gasteiger partial charge in [0.05, 0.1) is 0 Å². The molecule has 30 heavy (non-hydrogen) atoms. The quantitative estimate of drug-likeness (QED) is 0.366. The fourth-order valence-corrected chi connectivity index (χ4v) is 4.26. The molecule has 1 aromatic heterocycles. The van der Waals surface area contributed by atoms with Gasteiger partial charge in [0.15, 0.2) is 0 Å². The maximum Gasteiger partial charge on any atom is 0.220 e. The number of rotatable bonds is 7. The van der Waals surface area contributed by atoms with Gasteiger partial charge in [-0.1, -0.05) is 85.3 Å². The van der Waals surface area contributed by atoms with Crippen molar-refractivity contribution in [1.82, 2.24) is 10.3 Å². The van der Waals surface area contributed by atoms with Crippen LogP contribution in [0.15, 0.2) is 85.1 Å². The number of aromatic amines is 1. The number of nitrogens with one attached hydrogen (secondary N) is 2. The second-order valence-corrected chi connectivity index (χ2v) is 8.09. The Kier molecular flexibility index (Phi) is 6.20. The fraction of sp³-hybridized carbons (Fsp3) is 0.192. The lowest BCUT2D eigenvalue weighted by atomic mass is 9.90. The van der Waals surface area contributed by atoms with Crippen molar-refractivity contribution in [1.29, 1.82) is 0 Å². The Labute approximate surface area is 182 Å². The van der Waals surface area contributed by atoms with E-state index in [1.165, 1.54) is 5.56 Å². The van der Waals surface area contributed by atoms with E-state index in [9.17, 15) is 4.79 Å². The summed E-state index contributed by atoms with van der Waals surface area (Å²) >= 11 is 6.54. The van der Waals surface area contributed by atoms with Crippen LogP contribution in [-0.4, -0.2) is 17.4 Å². The van der Waals surface area contributed by atoms with E-state index in [0.29, 0.717) is 18.0 Å². The number of fused-ring (bicyclic) bond motifs is 1. The molecule has 0 unspecified atom stereocenters. The predicted molar refractivity (Wildman–Crippen MR) is 124 cm³/mol. The second-order valence-electron chi connectivity index (χ2n) is 7.68. The Hall–Kier alpha value is -3.04. The number of carbonyl (C=O) groups is 1. The third-order valence-electron chi connectivity index (χ3n) is 5.64. The van der Waals surface area contributed by atoms with Gasteiger partial charge < -0.3 is 10.3 Å². The van der Waals surface area contributed by atoms with Crippen molar-refractivity contribution in [3.05, 3.63) is 107 Å². The Morgan fingerprint density at radius 1 is 0.933 bits per heavy atom. The first kappa shape index (κ1) is 20.2. The first-order valence-electron chi connectivity index (χ1n) is 10.3. The summed E-state index contributed by atoms with van der Waals surface area (Å²) in [5.41, 5.74) is 4.40. The van der Waals surface area contributed by atoms with Gasteiger partial charge in [-0.05, 0) is 34.7 Å². The fourth-order valence-electron chi connectivity index (χ4n) is 3.99. The zero-order valence-corrected chi connectivity index (χ0v) is 17.7. The number of aromatic nitrogens is 1. The van der Waals surface area contributed by atoms with E-state index in [1.54, 1.807) is 0 Å². The van der Waals surface area contributed by atoms with Crippen molar-refractivity contribution in [3.63, 3.8) is 0 Å². The number of halogens is 1. The zero-order chi connectivity index (χ0) is 20.9. The molecule has 0 saturated carbocycles. The molecule has 0 saturated heterocycles. The SMILES string of the molecule is C[C@@H](CC(=O)NC[C@@H](c1ccccc1Cl)c1c[nH]c2ccccc12)c1ccccc1. The molecule has 0 bridgehead atoms. The minimum atomic E-state index is -0.0363. The summed E-state index contributed by atoms with van der Waals surface area (Å²) in [7, 11) is 0. The molecule has 3 nitrogen and oxygen atoms in total. The Balaban J connectivity index is 1.55.